The van der Waals surface area contributed by atoms with Crippen LogP contribution in [0, 0.1) is 0 Å². The molecule has 0 saturated heterocycles. The monoisotopic (exact) mass is 709 g/mol. The lowest BCUT2D eigenvalue weighted by Gasteiger charge is -2.14. The van der Waals surface area contributed by atoms with Gasteiger partial charge in [0, 0.05) is 0 Å². The van der Waals surface area contributed by atoms with E-state index in [1.807, 2.05) is 0 Å². The summed E-state index contributed by atoms with van der Waals surface area (Å²) in [4.78, 5) is 0. The van der Waals surface area contributed by atoms with E-state index in [1.165, 1.54) is 0 Å². The summed E-state index contributed by atoms with van der Waals surface area (Å²) in [6, 6.07) is 0. The highest BCUT2D eigenvalue weighted by Gasteiger charge is 1.88. The van der Waals surface area contributed by atoms with E-state index in [4.69, 9.17) is 0 Å². The van der Waals surface area contributed by atoms with Gasteiger partial charge in [-0.25, -0.2) is 0 Å². The van der Waals surface area contributed by atoms with Crippen LogP contribution >= 0.6 is 0 Å². The molecular weight excluding hydrogens is 697 g/mol. The van der Waals surface area contributed by atoms with E-state index in [1.54, 1.807) is 0 Å². The minimum Gasteiger partial charge on any atom is -1.00 e. The first-order valence-electron chi connectivity index (χ1n) is 1.79. The summed E-state index contributed by atoms with van der Waals surface area (Å²) in [7, 11) is 8.50. The van der Waals surface area contributed by atoms with Crippen molar-refractivity contribution in [1.82, 2.24) is 0 Å². The molecule has 0 rings (SSSR count). The molecule has 0 saturated carbocycles. The smallest absolute Gasteiger partial charge is 0.0675 e. The summed E-state index contributed by atoms with van der Waals surface area (Å²) in [5, 5.41) is 0. The zero-order valence-electron chi connectivity index (χ0n) is 6.34. The predicted molar refractivity (Wildman–Crippen MR) is 24.0 cm³/mol. The topological polar surface area (TPSA) is 0 Å². The molecule has 6 heteroatoms. The maximum atomic E-state index is 2.12. The van der Waals surface area contributed by atoms with Crippen LogP contribution in [0.1, 0.15) is 0 Å². The first kappa shape index (κ1) is 37.4. The predicted octanol–water partition coefficient (Wildman–Crippen LogP) is -14.7. The van der Waals surface area contributed by atoms with Crippen molar-refractivity contribution in [3.05, 3.63) is 0 Å². The Morgan fingerprint density at radius 2 is 0.500 bits per heavy atom. The highest BCUT2D eigenvalue weighted by Crippen LogP contribution is 1.73. The first-order chi connectivity index (χ1) is 2.00. The molecule has 0 aliphatic heterocycles. The Morgan fingerprint density at radius 3 is 0.500 bits per heavy atom. The molecule has 1 nitrogen and oxygen atoms in total. The van der Waals surface area contributed by atoms with Crippen LogP contribution in [0.15, 0.2) is 0 Å². The van der Waals surface area contributed by atoms with Gasteiger partial charge in [-0.2, -0.15) is 0 Å². The van der Waals surface area contributed by atoms with Gasteiger partial charge in [-0.3, -0.25) is 0 Å². The second-order valence-electron chi connectivity index (χ2n) is 2.68. The standard InChI is InChI=1S/C4H12N.5HI/c1-5(2,3)4;;;;;/h1-4H3;5*1H/q+1;;;;;/p-5. The van der Waals surface area contributed by atoms with E-state index in [2.05, 4.69) is 28.2 Å². The van der Waals surface area contributed by atoms with Crippen molar-refractivity contribution in [2.45, 2.75) is 0 Å². The van der Waals surface area contributed by atoms with Gasteiger partial charge in [-0.15, -0.1) is 0 Å². The quantitative estimate of drug-likeness (QED) is 0.174. The van der Waals surface area contributed by atoms with Crippen LogP contribution in [-0.2, 0) is 0 Å². The molecule has 0 aromatic heterocycles. The summed E-state index contributed by atoms with van der Waals surface area (Å²) in [5.74, 6) is 0. The highest BCUT2D eigenvalue weighted by molar-refractivity contribution is 3.87. The molecule has 0 bridgehead atoms. The van der Waals surface area contributed by atoms with Gasteiger partial charge in [0.05, 0.1) is 28.2 Å². The minimum atomic E-state index is 0. The third kappa shape index (κ3) is 100. The van der Waals surface area contributed by atoms with Crippen LogP contribution in [-0.4, -0.2) is 32.7 Å². The Balaban J connectivity index is -0.00000000800. The number of hydrogen-bond donors (Lipinski definition) is 0. The molecule has 0 aromatic rings. The lowest BCUT2D eigenvalue weighted by Crippen LogP contribution is -3.00. The maximum Gasteiger partial charge on any atom is 0.0675 e. The van der Waals surface area contributed by atoms with Crippen molar-refractivity contribution in [3.8, 4) is 0 Å². The van der Waals surface area contributed by atoms with Gasteiger partial charge in [-0.1, -0.05) is 0 Å². The van der Waals surface area contributed by atoms with Gasteiger partial charge in [-0.05, 0) is 0 Å². The summed E-state index contributed by atoms with van der Waals surface area (Å²) in [6.07, 6.45) is 0. The van der Waals surface area contributed by atoms with Crippen LogP contribution < -0.4 is 120 Å². The second-order valence-corrected chi connectivity index (χ2v) is 2.68. The zero-order valence-corrected chi connectivity index (χ0v) is 17.1. The maximum absolute atomic E-state index is 2.12. The van der Waals surface area contributed by atoms with Gasteiger partial charge in [0.15, 0.2) is 0 Å². The molecule has 0 aliphatic carbocycles. The molecule has 0 unspecified atom stereocenters. The Labute approximate surface area is 150 Å². The molecule has 72 valence electrons. The third-order valence-electron chi connectivity index (χ3n) is 0. The molecule has 0 atom stereocenters. The molecule has 0 aromatic carbocycles. The molecule has 0 heterocycles. The summed E-state index contributed by atoms with van der Waals surface area (Å²) < 4.78 is 1.00. The highest BCUT2D eigenvalue weighted by atomic mass is 127. The van der Waals surface area contributed by atoms with Crippen LogP contribution in [0.5, 0.6) is 0 Å². The molecule has 0 spiro atoms. The SMILES string of the molecule is C[N+](C)(C)C.[I-].[I-].[I-].[I-].[I-]. The zero-order chi connectivity index (χ0) is 4.50. The van der Waals surface area contributed by atoms with Crippen LogP contribution in [0.4, 0.5) is 0 Å². The fourth-order valence-electron chi connectivity index (χ4n) is 0. The number of hydrogen-bond acceptors (Lipinski definition) is 0. The van der Waals surface area contributed by atoms with Gasteiger partial charge >= 0.3 is 0 Å². The van der Waals surface area contributed by atoms with Crippen molar-refractivity contribution >= 4 is 0 Å². The normalized spacial score (nSPS) is 6.00. The first-order valence-corrected chi connectivity index (χ1v) is 1.79. The average molecular weight is 709 g/mol. The van der Waals surface area contributed by atoms with E-state index in [9.17, 15) is 0 Å². The van der Waals surface area contributed by atoms with Crippen molar-refractivity contribution < 1.29 is 124 Å². The Kier molecular flexibility index (Phi) is 68.8. The number of nitrogens with zero attached hydrogens (tertiary/aromatic N) is 1. The number of quaternary nitrogens is 1. The number of halogens is 5. The van der Waals surface area contributed by atoms with Crippen molar-refractivity contribution in [2.75, 3.05) is 28.2 Å². The Bertz CT molecular complexity index is 29.1. The molecule has 0 N–H and O–H groups in total. The van der Waals surface area contributed by atoms with E-state index < -0.39 is 0 Å². The van der Waals surface area contributed by atoms with Gasteiger partial charge in [0.25, 0.3) is 0 Å². The lowest BCUT2D eigenvalue weighted by atomic mass is 10.8. The Morgan fingerprint density at radius 1 is 0.500 bits per heavy atom. The molecule has 0 aliphatic rings. The number of rotatable bonds is 0. The second kappa shape index (κ2) is 18.4. The molecule has 0 amide bonds. The summed E-state index contributed by atoms with van der Waals surface area (Å²) >= 11 is 0. The molecule has 0 fully saturated rings. The van der Waals surface area contributed by atoms with E-state index in [-0.39, 0.29) is 120 Å². The van der Waals surface area contributed by atoms with Gasteiger partial charge in [0.1, 0.15) is 0 Å². The summed E-state index contributed by atoms with van der Waals surface area (Å²) in [6.45, 7) is 0. The molecule has 0 radical (unpaired) electrons. The lowest BCUT2D eigenvalue weighted by molar-refractivity contribution is -0.849. The van der Waals surface area contributed by atoms with E-state index in [0.717, 1.165) is 4.48 Å². The van der Waals surface area contributed by atoms with Crippen LogP contribution in [0.3, 0.4) is 0 Å². The minimum absolute atomic E-state index is 0. The van der Waals surface area contributed by atoms with Gasteiger partial charge in [0.2, 0.25) is 0 Å². The molecule has 10 heavy (non-hydrogen) atoms. The van der Waals surface area contributed by atoms with E-state index >= 15 is 0 Å². The fraction of sp³-hybridized carbons (Fsp3) is 1.00. The van der Waals surface area contributed by atoms with Crippen LogP contribution in [0.25, 0.3) is 0 Å². The fourth-order valence-corrected chi connectivity index (χ4v) is 0. The third-order valence-corrected chi connectivity index (χ3v) is 0. The largest absolute Gasteiger partial charge is 1.00 e. The average Bonchev–Trinajstić information content (AvgIpc) is 0.722. The van der Waals surface area contributed by atoms with Crippen molar-refractivity contribution in [1.29, 1.82) is 0 Å². The van der Waals surface area contributed by atoms with Gasteiger partial charge < -0.3 is 124 Å². The van der Waals surface area contributed by atoms with E-state index in [0.29, 0.717) is 0 Å². The summed E-state index contributed by atoms with van der Waals surface area (Å²) in [5.41, 5.74) is 0. The molecular formula is C4H12I5N-4. The van der Waals surface area contributed by atoms with Crippen LogP contribution in [0.2, 0.25) is 0 Å². The van der Waals surface area contributed by atoms with Crippen molar-refractivity contribution in [2.24, 2.45) is 0 Å². The Hall–Kier alpha value is 3.61. The van der Waals surface area contributed by atoms with Crippen molar-refractivity contribution in [3.63, 3.8) is 0 Å².